The Kier molecular flexibility index (Phi) is 3.34. The molecule has 1 aromatic carbocycles. The van der Waals surface area contributed by atoms with Gasteiger partial charge in [0.2, 0.25) is 0 Å². The molecule has 1 heterocycles. The molecule has 1 aliphatic heterocycles. The Bertz CT molecular complexity index is 339. The number of nitrogens with zero attached hydrogens (tertiary/aromatic N) is 1. The highest BCUT2D eigenvalue weighted by atomic mass is 32.1. The van der Waals surface area contributed by atoms with E-state index >= 15 is 0 Å². The standard InChI is InChI=1S/C12H15NOS/c1-13-8-11(7-12(13)15)14-9-10-5-3-2-4-6-10/h2-6,11H,7-9H2,1H3. The highest BCUT2D eigenvalue weighted by molar-refractivity contribution is 7.80. The summed E-state index contributed by atoms with van der Waals surface area (Å²) in [5, 5.41) is 0. The van der Waals surface area contributed by atoms with Crippen molar-refractivity contribution in [3.05, 3.63) is 35.9 Å². The van der Waals surface area contributed by atoms with Crippen molar-refractivity contribution in [2.75, 3.05) is 13.6 Å². The van der Waals surface area contributed by atoms with E-state index in [0.29, 0.717) is 6.61 Å². The number of benzene rings is 1. The van der Waals surface area contributed by atoms with Crippen molar-refractivity contribution in [1.82, 2.24) is 4.90 Å². The number of thiocarbonyl (C=S) groups is 1. The predicted octanol–water partition coefficient (Wildman–Crippen LogP) is 2.23. The molecule has 2 nitrogen and oxygen atoms in total. The van der Waals surface area contributed by atoms with Gasteiger partial charge in [-0.15, -0.1) is 0 Å². The third-order valence-electron chi connectivity index (χ3n) is 2.63. The van der Waals surface area contributed by atoms with E-state index in [4.69, 9.17) is 17.0 Å². The lowest BCUT2D eigenvalue weighted by molar-refractivity contribution is 0.0486. The van der Waals surface area contributed by atoms with Crippen molar-refractivity contribution in [2.45, 2.75) is 19.1 Å². The van der Waals surface area contributed by atoms with E-state index in [1.165, 1.54) is 5.56 Å². The zero-order valence-corrected chi connectivity index (χ0v) is 9.67. The minimum Gasteiger partial charge on any atom is -0.371 e. The van der Waals surface area contributed by atoms with Crippen LogP contribution in [0.2, 0.25) is 0 Å². The first-order chi connectivity index (χ1) is 7.25. The Labute approximate surface area is 95.8 Å². The molecule has 0 radical (unpaired) electrons. The molecule has 1 unspecified atom stereocenters. The molecule has 0 saturated carbocycles. The highest BCUT2D eigenvalue weighted by Crippen LogP contribution is 2.15. The van der Waals surface area contributed by atoms with Gasteiger partial charge >= 0.3 is 0 Å². The van der Waals surface area contributed by atoms with Crippen molar-refractivity contribution in [2.24, 2.45) is 0 Å². The maximum Gasteiger partial charge on any atom is 0.0817 e. The molecule has 0 N–H and O–H groups in total. The van der Waals surface area contributed by atoms with Crippen molar-refractivity contribution in [1.29, 1.82) is 0 Å². The van der Waals surface area contributed by atoms with E-state index in [1.54, 1.807) is 0 Å². The zero-order chi connectivity index (χ0) is 10.7. The van der Waals surface area contributed by atoms with Gasteiger partial charge in [-0.3, -0.25) is 0 Å². The van der Waals surface area contributed by atoms with Gasteiger partial charge in [0, 0.05) is 20.0 Å². The van der Waals surface area contributed by atoms with E-state index < -0.39 is 0 Å². The van der Waals surface area contributed by atoms with Crippen LogP contribution in [-0.2, 0) is 11.3 Å². The summed E-state index contributed by atoms with van der Waals surface area (Å²) in [4.78, 5) is 3.10. The lowest BCUT2D eigenvalue weighted by atomic mass is 10.2. The van der Waals surface area contributed by atoms with Crippen LogP contribution in [0.4, 0.5) is 0 Å². The predicted molar refractivity (Wildman–Crippen MR) is 64.9 cm³/mol. The normalized spacial score (nSPS) is 21.0. The van der Waals surface area contributed by atoms with Crippen LogP contribution in [0.3, 0.4) is 0 Å². The number of likely N-dealkylation sites (N-methyl/N-ethyl adjacent to an activating group) is 1. The van der Waals surface area contributed by atoms with Crippen LogP contribution >= 0.6 is 12.2 Å². The first kappa shape index (κ1) is 10.6. The van der Waals surface area contributed by atoms with Gasteiger partial charge in [0.05, 0.1) is 17.7 Å². The van der Waals surface area contributed by atoms with Crippen molar-refractivity contribution < 1.29 is 4.74 Å². The Balaban J connectivity index is 1.82. The number of hydrogen-bond acceptors (Lipinski definition) is 2. The molecule has 1 saturated heterocycles. The number of rotatable bonds is 3. The van der Waals surface area contributed by atoms with E-state index in [9.17, 15) is 0 Å². The highest BCUT2D eigenvalue weighted by Gasteiger charge is 2.23. The topological polar surface area (TPSA) is 12.5 Å². The largest absolute Gasteiger partial charge is 0.371 e. The van der Waals surface area contributed by atoms with Crippen LogP contribution in [0, 0.1) is 0 Å². The fourth-order valence-electron chi connectivity index (χ4n) is 1.72. The average molecular weight is 221 g/mol. The lowest BCUT2D eigenvalue weighted by Gasteiger charge is -2.12. The average Bonchev–Trinajstić information content (AvgIpc) is 2.57. The van der Waals surface area contributed by atoms with Gasteiger partial charge in [-0.05, 0) is 5.56 Å². The molecule has 1 aromatic rings. The van der Waals surface area contributed by atoms with Gasteiger partial charge in [-0.1, -0.05) is 42.5 Å². The molecule has 0 bridgehead atoms. The fourth-order valence-corrected chi connectivity index (χ4v) is 1.98. The minimum absolute atomic E-state index is 0.266. The summed E-state index contributed by atoms with van der Waals surface area (Å²) >= 11 is 5.20. The van der Waals surface area contributed by atoms with Gasteiger partial charge in [-0.25, -0.2) is 0 Å². The second kappa shape index (κ2) is 4.73. The number of hydrogen-bond donors (Lipinski definition) is 0. The summed E-state index contributed by atoms with van der Waals surface area (Å²) in [5.74, 6) is 0. The van der Waals surface area contributed by atoms with Crippen LogP contribution in [0.1, 0.15) is 12.0 Å². The summed E-state index contributed by atoms with van der Waals surface area (Å²) in [6.07, 6.45) is 1.15. The summed E-state index contributed by atoms with van der Waals surface area (Å²) in [7, 11) is 2.02. The molecule has 0 aliphatic carbocycles. The van der Waals surface area contributed by atoms with Gasteiger partial charge in [0.25, 0.3) is 0 Å². The maximum atomic E-state index is 5.80. The maximum absolute atomic E-state index is 5.80. The molecule has 0 amide bonds. The summed E-state index contributed by atoms with van der Waals surface area (Å²) in [6.45, 7) is 1.60. The van der Waals surface area contributed by atoms with Crippen LogP contribution in [0.5, 0.6) is 0 Å². The Morgan fingerprint density at radius 1 is 1.40 bits per heavy atom. The fraction of sp³-hybridized carbons (Fsp3) is 0.417. The van der Waals surface area contributed by atoms with E-state index in [1.807, 2.05) is 25.2 Å². The third kappa shape index (κ3) is 2.76. The van der Waals surface area contributed by atoms with Crippen molar-refractivity contribution in [3.8, 4) is 0 Å². The molecule has 1 fully saturated rings. The molecule has 2 rings (SSSR count). The van der Waals surface area contributed by atoms with Crippen molar-refractivity contribution in [3.63, 3.8) is 0 Å². The first-order valence-corrected chi connectivity index (χ1v) is 5.56. The summed E-state index contributed by atoms with van der Waals surface area (Å²) in [5.41, 5.74) is 1.22. The Hall–Kier alpha value is -0.930. The number of likely N-dealkylation sites (tertiary alicyclic amines) is 1. The molecule has 80 valence electrons. The molecule has 3 heteroatoms. The van der Waals surface area contributed by atoms with E-state index in [-0.39, 0.29) is 6.10 Å². The Morgan fingerprint density at radius 2 is 2.13 bits per heavy atom. The molecule has 1 atom stereocenters. The third-order valence-corrected chi connectivity index (χ3v) is 3.11. The second-order valence-corrected chi connectivity index (χ2v) is 4.37. The zero-order valence-electron chi connectivity index (χ0n) is 8.85. The Morgan fingerprint density at radius 3 is 2.73 bits per heavy atom. The monoisotopic (exact) mass is 221 g/mol. The lowest BCUT2D eigenvalue weighted by Crippen LogP contribution is -2.20. The van der Waals surface area contributed by atoms with E-state index in [0.717, 1.165) is 18.0 Å². The van der Waals surface area contributed by atoms with Gasteiger partial charge in [0.1, 0.15) is 0 Å². The van der Waals surface area contributed by atoms with Crippen LogP contribution in [-0.4, -0.2) is 29.6 Å². The van der Waals surface area contributed by atoms with Gasteiger partial charge in [0.15, 0.2) is 0 Å². The van der Waals surface area contributed by atoms with Crippen LogP contribution < -0.4 is 0 Å². The first-order valence-electron chi connectivity index (χ1n) is 5.15. The quantitative estimate of drug-likeness (QED) is 0.726. The van der Waals surface area contributed by atoms with Gasteiger partial charge in [-0.2, -0.15) is 0 Å². The molecule has 15 heavy (non-hydrogen) atoms. The summed E-state index contributed by atoms with van der Waals surface area (Å²) in [6, 6.07) is 10.2. The smallest absolute Gasteiger partial charge is 0.0817 e. The van der Waals surface area contributed by atoms with Gasteiger partial charge < -0.3 is 9.64 Å². The number of ether oxygens (including phenoxy) is 1. The molecule has 0 aromatic heterocycles. The van der Waals surface area contributed by atoms with Crippen molar-refractivity contribution >= 4 is 17.2 Å². The molecule has 1 aliphatic rings. The SMILES string of the molecule is CN1CC(OCc2ccccc2)CC1=S. The minimum atomic E-state index is 0.266. The van der Waals surface area contributed by atoms with Crippen LogP contribution in [0.15, 0.2) is 30.3 Å². The molecule has 0 spiro atoms. The summed E-state index contributed by atoms with van der Waals surface area (Å²) < 4.78 is 5.80. The molecular formula is C12H15NOS. The molecular weight excluding hydrogens is 206 g/mol. The van der Waals surface area contributed by atoms with Crippen LogP contribution in [0.25, 0.3) is 0 Å². The van der Waals surface area contributed by atoms with E-state index in [2.05, 4.69) is 17.0 Å². The second-order valence-electron chi connectivity index (χ2n) is 3.90.